The quantitative estimate of drug-likeness (QED) is 0.0984. The summed E-state index contributed by atoms with van der Waals surface area (Å²) >= 11 is 0. The van der Waals surface area contributed by atoms with E-state index in [9.17, 15) is 0 Å². The van der Waals surface area contributed by atoms with Crippen LogP contribution in [0.5, 0.6) is 34.5 Å². The molecule has 0 radical (unpaired) electrons. The molecule has 12 bridgehead atoms. The molecule has 1 aliphatic carbocycles. The molecule has 456 valence electrons. The SMILES string of the molecule is COc1c2cc(N)cc1Cc1cc(C(C)(C)C)cc(c1OCc1nccn1C)Cc1cc(N)cc(c1OC)Cc1cc(C(C)(C)C)cc(c1OCc1nccn1C)Cc1cc(N)cc(c1OC)Cc1cc(C(C)(C)C)cc(c1OCc1nccn1C)C2. The Kier molecular flexibility index (Phi) is 17.2. The van der Waals surface area contributed by atoms with Gasteiger partial charge in [0.2, 0.25) is 0 Å². The van der Waals surface area contributed by atoms with E-state index in [1.54, 1.807) is 39.9 Å². The van der Waals surface area contributed by atoms with Gasteiger partial charge in [0.15, 0.2) is 0 Å². The van der Waals surface area contributed by atoms with Gasteiger partial charge in [0.1, 0.15) is 71.8 Å². The van der Waals surface area contributed by atoms with Crippen molar-refractivity contribution in [2.75, 3.05) is 38.5 Å². The molecule has 1 aliphatic rings. The zero-order chi connectivity index (χ0) is 62.3. The summed E-state index contributed by atoms with van der Waals surface area (Å²) < 4.78 is 47.1. The molecule has 0 spiro atoms. The van der Waals surface area contributed by atoms with E-state index in [1.165, 1.54) is 0 Å². The summed E-state index contributed by atoms with van der Waals surface area (Å²) in [6.45, 7) is 20.8. The van der Waals surface area contributed by atoms with Crippen molar-refractivity contribution in [1.29, 1.82) is 0 Å². The van der Waals surface area contributed by atoms with Crippen LogP contribution in [-0.4, -0.2) is 50.0 Å². The number of ether oxygens (including phenoxy) is 6. The molecule has 0 unspecified atom stereocenters. The first-order chi connectivity index (χ1) is 41.3. The highest BCUT2D eigenvalue weighted by Gasteiger charge is 2.29. The van der Waals surface area contributed by atoms with E-state index in [4.69, 9.17) is 60.6 Å². The first-order valence-corrected chi connectivity index (χ1v) is 29.9. The van der Waals surface area contributed by atoms with Crippen molar-refractivity contribution in [3.05, 3.63) is 211 Å². The Hall–Kier alpha value is -8.85. The lowest BCUT2D eigenvalue weighted by Crippen LogP contribution is -2.16. The number of nitrogens with two attached hydrogens (primary N) is 3. The van der Waals surface area contributed by atoms with Crippen molar-refractivity contribution in [1.82, 2.24) is 28.7 Å². The third kappa shape index (κ3) is 13.4. The number of benzene rings is 6. The number of hydrogen-bond donors (Lipinski definition) is 3. The van der Waals surface area contributed by atoms with Gasteiger partial charge in [-0.25, -0.2) is 15.0 Å². The standard InChI is InChI=1S/C72H87N9O6/c1-70(2,3)55-28-43-22-49-34-58(73)36-51(64(49)82-13)24-45-30-56(71(4,5)6)32-47(68(45)86-41-62-77-17-20-80(62)11)26-53-38-60(75)39-54(66(53)84-15)27-48-33-57(72(7,8)9)31-46(69(48)87-42-63-78-18-21-81(63)12)25-52-37-59(74)35-50(65(52)83-14)23-44(29-55)67(43)85-40-61-76-16-19-79(61)10/h16-21,28-39H,22-27,40-42,73-75H2,1-15H3. The highest BCUT2D eigenvalue weighted by atomic mass is 16.5. The van der Waals surface area contributed by atoms with Gasteiger partial charge in [0, 0.05) is 147 Å². The minimum Gasteiger partial charge on any atom is -0.496 e. The molecular weight excluding hydrogens is 1090 g/mol. The van der Waals surface area contributed by atoms with Crippen LogP contribution in [0.25, 0.3) is 0 Å². The second kappa shape index (κ2) is 24.5. The largest absolute Gasteiger partial charge is 0.496 e. The molecule has 0 aliphatic heterocycles. The summed E-state index contributed by atoms with van der Waals surface area (Å²) in [5.41, 5.74) is 36.8. The topological polar surface area (TPSA) is 187 Å². The van der Waals surface area contributed by atoms with Crippen molar-refractivity contribution in [2.45, 2.75) is 137 Å². The summed E-state index contributed by atoms with van der Waals surface area (Å²) in [5.74, 6) is 6.71. The van der Waals surface area contributed by atoms with Crippen molar-refractivity contribution in [2.24, 2.45) is 21.1 Å². The third-order valence-corrected chi connectivity index (χ3v) is 16.8. The fraction of sp³-hybridized carbons (Fsp3) is 0.375. The van der Waals surface area contributed by atoms with Gasteiger partial charge in [-0.05, 0) is 103 Å². The Morgan fingerprint density at radius 2 is 0.529 bits per heavy atom. The van der Waals surface area contributed by atoms with Gasteiger partial charge < -0.3 is 59.3 Å². The van der Waals surface area contributed by atoms with E-state index >= 15 is 0 Å². The molecule has 9 aromatic rings. The summed E-state index contributed by atoms with van der Waals surface area (Å²) in [6.07, 6.45) is 13.7. The number of methoxy groups -OCH3 is 3. The first-order valence-electron chi connectivity index (χ1n) is 29.9. The van der Waals surface area contributed by atoms with Crippen LogP contribution in [0, 0.1) is 0 Å². The predicted molar refractivity (Wildman–Crippen MR) is 347 cm³/mol. The summed E-state index contributed by atoms with van der Waals surface area (Å²) in [5, 5.41) is 0. The van der Waals surface area contributed by atoms with Crippen LogP contribution in [0.1, 0.15) is 163 Å². The molecule has 3 heterocycles. The highest BCUT2D eigenvalue weighted by Crippen LogP contribution is 2.45. The van der Waals surface area contributed by atoms with Gasteiger partial charge in [-0.3, -0.25) is 0 Å². The van der Waals surface area contributed by atoms with Gasteiger partial charge in [-0.2, -0.15) is 0 Å². The number of rotatable bonds is 12. The van der Waals surface area contributed by atoms with Gasteiger partial charge >= 0.3 is 0 Å². The Morgan fingerprint density at radius 3 is 0.690 bits per heavy atom. The van der Waals surface area contributed by atoms with Crippen molar-refractivity contribution < 1.29 is 28.4 Å². The average Bonchev–Trinajstić information content (AvgIpc) is 1.41. The zero-order valence-electron chi connectivity index (χ0n) is 53.6. The smallest absolute Gasteiger partial charge is 0.146 e. The molecule has 15 heteroatoms. The number of nitrogen functional groups attached to an aromatic ring is 3. The van der Waals surface area contributed by atoms with Crippen molar-refractivity contribution >= 4 is 17.1 Å². The van der Waals surface area contributed by atoms with E-state index in [1.807, 2.05) is 89.8 Å². The Morgan fingerprint density at radius 1 is 0.333 bits per heavy atom. The van der Waals surface area contributed by atoms with Crippen LogP contribution in [-0.2, 0) is 95.7 Å². The minimum atomic E-state index is -0.265. The molecule has 87 heavy (non-hydrogen) atoms. The molecule has 0 saturated carbocycles. The Balaban J connectivity index is 1.28. The van der Waals surface area contributed by atoms with Gasteiger partial charge in [0.05, 0.1) is 21.3 Å². The molecule has 6 aromatic carbocycles. The lowest BCUT2D eigenvalue weighted by molar-refractivity contribution is 0.286. The molecular formula is C72H87N9O6. The summed E-state index contributed by atoms with van der Waals surface area (Å²) in [6, 6.07) is 25.8. The number of imidazole rings is 3. The number of aromatic nitrogens is 6. The number of anilines is 3. The lowest BCUT2D eigenvalue weighted by Gasteiger charge is -2.27. The number of aryl methyl sites for hydroxylation is 3. The maximum atomic E-state index is 7.14. The van der Waals surface area contributed by atoms with Gasteiger partial charge in [0.25, 0.3) is 0 Å². The first kappa shape index (κ1) is 61.2. The summed E-state index contributed by atoms with van der Waals surface area (Å²) in [4.78, 5) is 14.1. The fourth-order valence-corrected chi connectivity index (χ4v) is 12.1. The fourth-order valence-electron chi connectivity index (χ4n) is 12.1. The van der Waals surface area contributed by atoms with E-state index in [2.05, 4.69) is 98.7 Å². The van der Waals surface area contributed by atoms with Crippen molar-refractivity contribution in [3.63, 3.8) is 0 Å². The monoisotopic (exact) mass is 1170 g/mol. The van der Waals surface area contributed by atoms with Crippen LogP contribution < -0.4 is 45.6 Å². The van der Waals surface area contributed by atoms with E-state index in [0.29, 0.717) is 55.6 Å². The molecule has 0 fully saturated rings. The molecule has 10 rings (SSSR count). The predicted octanol–water partition coefficient (Wildman–Crippen LogP) is 13.1. The van der Waals surface area contributed by atoms with Crippen LogP contribution in [0.15, 0.2) is 110 Å². The molecule has 0 saturated heterocycles. The number of fused-ring (bicyclic) bond motifs is 12. The van der Waals surface area contributed by atoms with Crippen LogP contribution in [0.3, 0.4) is 0 Å². The second-order valence-electron chi connectivity index (χ2n) is 26.5. The van der Waals surface area contributed by atoms with Crippen LogP contribution in [0.4, 0.5) is 17.1 Å². The lowest BCUT2D eigenvalue weighted by atomic mass is 9.81. The highest BCUT2D eigenvalue weighted by molar-refractivity contribution is 5.64. The summed E-state index contributed by atoms with van der Waals surface area (Å²) in [7, 11) is 11.2. The average molecular weight is 1170 g/mol. The van der Waals surface area contributed by atoms with Crippen LogP contribution >= 0.6 is 0 Å². The third-order valence-electron chi connectivity index (χ3n) is 16.8. The maximum Gasteiger partial charge on any atom is 0.146 e. The normalized spacial score (nSPS) is 13.0. The number of hydrogen-bond acceptors (Lipinski definition) is 12. The molecule has 0 atom stereocenters. The molecule has 0 amide bonds. The molecule has 15 nitrogen and oxygen atoms in total. The second-order valence-corrected chi connectivity index (χ2v) is 26.5. The minimum absolute atomic E-state index is 0.222. The van der Waals surface area contributed by atoms with E-state index < -0.39 is 0 Å². The van der Waals surface area contributed by atoms with E-state index in [-0.39, 0.29) is 36.1 Å². The van der Waals surface area contributed by atoms with Crippen molar-refractivity contribution in [3.8, 4) is 34.5 Å². The molecule has 6 N–H and O–H groups in total. The van der Waals surface area contributed by atoms with Gasteiger partial charge in [-0.1, -0.05) is 98.7 Å². The molecule has 3 aromatic heterocycles. The number of nitrogens with zero attached hydrogens (tertiary/aromatic N) is 6. The van der Waals surface area contributed by atoms with Gasteiger partial charge in [-0.15, -0.1) is 0 Å². The van der Waals surface area contributed by atoms with Crippen LogP contribution in [0.2, 0.25) is 0 Å². The Labute approximate surface area is 513 Å². The maximum absolute atomic E-state index is 7.14. The Bertz CT molecular complexity index is 3440. The van der Waals surface area contributed by atoms with E-state index in [0.717, 1.165) is 135 Å². The zero-order valence-corrected chi connectivity index (χ0v) is 53.6.